The molecule has 0 amide bonds. The van der Waals surface area contributed by atoms with Crippen LogP contribution in [0.15, 0.2) is 30.3 Å². The molecule has 0 aromatic heterocycles. The Morgan fingerprint density at radius 3 is 2.56 bits per heavy atom. The fourth-order valence-corrected chi connectivity index (χ4v) is 5.16. The quantitative estimate of drug-likeness (QED) is 0.800. The molecule has 0 aliphatic carbocycles. The van der Waals surface area contributed by atoms with Gasteiger partial charge >= 0.3 is 0 Å². The van der Waals surface area contributed by atoms with Crippen molar-refractivity contribution in [3.8, 4) is 0 Å². The predicted octanol–water partition coefficient (Wildman–Crippen LogP) is 4.12. The molecular formula is C21H36N2OSi. The molecule has 1 spiro atoms. The number of nitrogens with zero attached hydrogens (tertiary/aromatic N) is 1. The summed E-state index contributed by atoms with van der Waals surface area (Å²) < 4.78 is 6.65. The molecule has 1 aromatic carbocycles. The van der Waals surface area contributed by atoms with E-state index in [4.69, 9.17) is 4.43 Å². The van der Waals surface area contributed by atoms with Gasteiger partial charge in [-0.25, -0.2) is 0 Å². The Bertz CT molecular complexity index is 561. The van der Waals surface area contributed by atoms with Crippen LogP contribution < -0.4 is 5.32 Å². The molecule has 2 fully saturated rings. The molecular weight excluding hydrogens is 324 g/mol. The molecule has 3 rings (SSSR count). The fourth-order valence-electron chi connectivity index (χ4n) is 4.11. The van der Waals surface area contributed by atoms with Gasteiger partial charge in [0.05, 0.1) is 0 Å². The lowest BCUT2D eigenvalue weighted by molar-refractivity contribution is 0.152. The zero-order valence-corrected chi connectivity index (χ0v) is 17.8. The molecule has 0 radical (unpaired) electrons. The Labute approximate surface area is 155 Å². The fraction of sp³-hybridized carbons (Fsp3) is 0.714. The molecule has 2 aliphatic heterocycles. The largest absolute Gasteiger partial charge is 0.416 e. The van der Waals surface area contributed by atoms with Crippen molar-refractivity contribution in [1.29, 1.82) is 0 Å². The summed E-state index contributed by atoms with van der Waals surface area (Å²) in [5.74, 6) is 0.653. The minimum absolute atomic E-state index is 0.288. The van der Waals surface area contributed by atoms with Crippen molar-refractivity contribution in [2.45, 2.75) is 51.9 Å². The molecule has 25 heavy (non-hydrogen) atoms. The molecule has 2 atom stereocenters. The van der Waals surface area contributed by atoms with E-state index in [1.54, 1.807) is 0 Å². The van der Waals surface area contributed by atoms with Gasteiger partial charge in [0.15, 0.2) is 8.32 Å². The zero-order chi connectivity index (χ0) is 18.1. The Balaban J connectivity index is 1.67. The molecule has 4 heteroatoms. The average Bonchev–Trinajstić information content (AvgIpc) is 3.13. The second-order valence-electron chi connectivity index (χ2n) is 9.71. The van der Waals surface area contributed by atoms with Gasteiger partial charge in [-0.1, -0.05) is 51.1 Å². The molecule has 0 bridgehead atoms. The summed E-state index contributed by atoms with van der Waals surface area (Å²) in [6.45, 7) is 18.5. The molecule has 140 valence electrons. The lowest BCUT2D eigenvalue weighted by Crippen LogP contribution is -2.44. The highest BCUT2D eigenvalue weighted by molar-refractivity contribution is 6.74. The Kier molecular flexibility index (Phi) is 5.46. The van der Waals surface area contributed by atoms with Crippen molar-refractivity contribution in [3.05, 3.63) is 35.9 Å². The third-order valence-corrected chi connectivity index (χ3v) is 11.4. The van der Waals surface area contributed by atoms with E-state index in [2.05, 4.69) is 74.4 Å². The van der Waals surface area contributed by atoms with Gasteiger partial charge in [0.2, 0.25) is 0 Å². The van der Waals surface area contributed by atoms with Crippen LogP contribution in [-0.4, -0.2) is 46.0 Å². The first kappa shape index (κ1) is 19.1. The normalized spacial score (nSPS) is 28.1. The van der Waals surface area contributed by atoms with Gasteiger partial charge in [0.1, 0.15) is 0 Å². The van der Waals surface area contributed by atoms with Crippen LogP contribution in [0.3, 0.4) is 0 Å². The van der Waals surface area contributed by atoms with Crippen LogP contribution in [0.2, 0.25) is 18.1 Å². The summed E-state index contributed by atoms with van der Waals surface area (Å²) in [5, 5.41) is 3.91. The van der Waals surface area contributed by atoms with Gasteiger partial charge in [-0.05, 0) is 36.7 Å². The zero-order valence-electron chi connectivity index (χ0n) is 16.8. The van der Waals surface area contributed by atoms with E-state index in [1.807, 2.05) is 0 Å². The maximum Gasteiger partial charge on any atom is 0.191 e. The van der Waals surface area contributed by atoms with Crippen LogP contribution in [0.4, 0.5) is 0 Å². The van der Waals surface area contributed by atoms with E-state index in [1.165, 1.54) is 25.1 Å². The van der Waals surface area contributed by atoms with E-state index in [0.717, 1.165) is 26.2 Å². The second kappa shape index (κ2) is 7.14. The SMILES string of the molecule is CC(C)(C)[Si](C)(C)OC[C@H]1CN(Cc2ccccc2)C[C@]12CCNC2. The summed E-state index contributed by atoms with van der Waals surface area (Å²) in [6, 6.07) is 10.9. The number of rotatable bonds is 5. The summed E-state index contributed by atoms with van der Waals surface area (Å²) in [7, 11) is -1.68. The molecule has 2 saturated heterocycles. The predicted molar refractivity (Wildman–Crippen MR) is 108 cm³/mol. The number of hydrogen-bond donors (Lipinski definition) is 1. The molecule has 0 saturated carbocycles. The smallest absolute Gasteiger partial charge is 0.191 e. The van der Waals surface area contributed by atoms with Crippen LogP contribution >= 0.6 is 0 Å². The lowest BCUT2D eigenvalue weighted by Gasteiger charge is -2.39. The molecule has 1 aromatic rings. The number of nitrogens with one attached hydrogen (secondary N) is 1. The number of hydrogen-bond acceptors (Lipinski definition) is 3. The van der Waals surface area contributed by atoms with Crippen LogP contribution in [0.5, 0.6) is 0 Å². The first-order valence-corrected chi connectivity index (χ1v) is 12.7. The molecule has 3 nitrogen and oxygen atoms in total. The highest BCUT2D eigenvalue weighted by Gasteiger charge is 2.49. The van der Waals surface area contributed by atoms with Crippen molar-refractivity contribution in [3.63, 3.8) is 0 Å². The van der Waals surface area contributed by atoms with Crippen LogP contribution in [-0.2, 0) is 11.0 Å². The van der Waals surface area contributed by atoms with Crippen LogP contribution in [0, 0.1) is 11.3 Å². The lowest BCUT2D eigenvalue weighted by atomic mass is 9.78. The monoisotopic (exact) mass is 360 g/mol. The molecule has 2 heterocycles. The summed E-state index contributed by atoms with van der Waals surface area (Å²) in [4.78, 5) is 2.65. The minimum Gasteiger partial charge on any atom is -0.416 e. The van der Waals surface area contributed by atoms with Crippen molar-refractivity contribution in [2.24, 2.45) is 11.3 Å². The molecule has 0 unspecified atom stereocenters. The minimum atomic E-state index is -1.68. The average molecular weight is 361 g/mol. The van der Waals surface area contributed by atoms with Crippen LogP contribution in [0.1, 0.15) is 32.8 Å². The third kappa shape index (κ3) is 4.18. The van der Waals surface area contributed by atoms with Gasteiger partial charge in [0, 0.05) is 44.1 Å². The van der Waals surface area contributed by atoms with Crippen molar-refractivity contribution >= 4 is 8.32 Å². The maximum atomic E-state index is 6.65. The van der Waals surface area contributed by atoms with E-state index in [9.17, 15) is 0 Å². The third-order valence-electron chi connectivity index (χ3n) is 6.86. The maximum absolute atomic E-state index is 6.65. The summed E-state index contributed by atoms with van der Waals surface area (Å²) in [6.07, 6.45) is 1.30. The summed E-state index contributed by atoms with van der Waals surface area (Å²) >= 11 is 0. The van der Waals surface area contributed by atoms with Gasteiger partial charge in [0.25, 0.3) is 0 Å². The van der Waals surface area contributed by atoms with Crippen molar-refractivity contribution in [1.82, 2.24) is 10.2 Å². The van der Waals surface area contributed by atoms with E-state index < -0.39 is 8.32 Å². The van der Waals surface area contributed by atoms with Crippen molar-refractivity contribution < 1.29 is 4.43 Å². The topological polar surface area (TPSA) is 24.5 Å². The van der Waals surface area contributed by atoms with E-state index in [0.29, 0.717) is 11.3 Å². The second-order valence-corrected chi connectivity index (χ2v) is 14.5. The van der Waals surface area contributed by atoms with Gasteiger partial charge in [-0.15, -0.1) is 0 Å². The van der Waals surface area contributed by atoms with Crippen molar-refractivity contribution in [2.75, 3.05) is 32.8 Å². The number of benzene rings is 1. The van der Waals surface area contributed by atoms with E-state index in [-0.39, 0.29) is 5.04 Å². The summed E-state index contributed by atoms with van der Waals surface area (Å²) in [5.41, 5.74) is 1.84. The van der Waals surface area contributed by atoms with Crippen LogP contribution in [0.25, 0.3) is 0 Å². The first-order chi connectivity index (χ1) is 11.7. The van der Waals surface area contributed by atoms with Gasteiger partial charge in [-0.3, -0.25) is 4.90 Å². The molecule has 2 aliphatic rings. The van der Waals surface area contributed by atoms with Gasteiger partial charge < -0.3 is 9.74 Å². The Morgan fingerprint density at radius 1 is 1.24 bits per heavy atom. The van der Waals surface area contributed by atoms with E-state index >= 15 is 0 Å². The number of likely N-dealkylation sites (tertiary alicyclic amines) is 1. The Morgan fingerprint density at radius 2 is 1.96 bits per heavy atom. The first-order valence-electron chi connectivity index (χ1n) is 9.83. The standard InChI is InChI=1S/C21H36N2OSi/c1-20(2,3)25(4,5)24-15-19-14-23(13-18-9-7-6-8-10-18)17-21(19)11-12-22-16-21/h6-10,19,22H,11-17H2,1-5H3/t19-,21-/m1/s1. The highest BCUT2D eigenvalue weighted by Crippen LogP contribution is 2.43. The molecule has 1 N–H and O–H groups in total. The highest BCUT2D eigenvalue weighted by atomic mass is 28.4. The van der Waals surface area contributed by atoms with Gasteiger partial charge in [-0.2, -0.15) is 0 Å². The Hall–Kier alpha value is -0.683.